The lowest BCUT2D eigenvalue weighted by molar-refractivity contribution is 0.429. The fraction of sp³-hybridized carbons (Fsp3) is 0.467. The third-order valence-corrected chi connectivity index (χ3v) is 3.90. The molecule has 5 heteroatoms. The second-order valence-corrected chi connectivity index (χ2v) is 6.95. The van der Waals surface area contributed by atoms with Gasteiger partial charge < -0.3 is 5.32 Å². The highest BCUT2D eigenvalue weighted by molar-refractivity contribution is 7.14. The van der Waals surface area contributed by atoms with Crippen molar-refractivity contribution in [3.8, 4) is 10.6 Å². The van der Waals surface area contributed by atoms with E-state index in [-0.39, 0.29) is 11.4 Å². The van der Waals surface area contributed by atoms with Gasteiger partial charge in [-0.2, -0.15) is 0 Å². The zero-order valence-corrected chi connectivity index (χ0v) is 13.1. The molecule has 2 aromatic rings. The zero-order valence-electron chi connectivity index (χ0n) is 12.3. The highest BCUT2D eigenvalue weighted by atomic mass is 32.1. The van der Waals surface area contributed by atoms with E-state index in [1.165, 1.54) is 6.07 Å². The Balaban J connectivity index is 2.03. The lowest BCUT2D eigenvalue weighted by Gasteiger charge is -2.19. The molecule has 1 N–H and O–H groups in total. The van der Waals surface area contributed by atoms with Crippen LogP contribution in [0.3, 0.4) is 0 Å². The fourth-order valence-corrected chi connectivity index (χ4v) is 2.63. The predicted molar refractivity (Wildman–Crippen MR) is 81.5 cm³/mol. The molecule has 0 saturated carbocycles. The van der Waals surface area contributed by atoms with Crippen LogP contribution >= 0.6 is 11.3 Å². The first-order valence-corrected chi connectivity index (χ1v) is 7.51. The molecule has 1 heterocycles. The molecule has 20 heavy (non-hydrogen) atoms. The summed E-state index contributed by atoms with van der Waals surface area (Å²) in [6.07, 6.45) is 0.856. The summed E-state index contributed by atoms with van der Waals surface area (Å²) in [5.74, 6) is -0.187. The Bertz CT molecular complexity index is 587. The lowest BCUT2D eigenvalue weighted by atomic mass is 10.1. The van der Waals surface area contributed by atoms with E-state index in [4.69, 9.17) is 0 Å². The minimum atomic E-state index is -0.187. The smallest absolute Gasteiger partial charge is 0.147 e. The molecule has 2 rings (SSSR count). The molecule has 0 atom stereocenters. The van der Waals surface area contributed by atoms with E-state index in [2.05, 4.69) is 36.3 Å². The van der Waals surface area contributed by atoms with Crippen LogP contribution in [0.2, 0.25) is 0 Å². The first-order chi connectivity index (χ1) is 9.35. The number of halogens is 1. The van der Waals surface area contributed by atoms with Crippen LogP contribution in [0.1, 0.15) is 31.3 Å². The highest BCUT2D eigenvalue weighted by Crippen LogP contribution is 2.25. The van der Waals surface area contributed by atoms with E-state index in [1.54, 1.807) is 24.3 Å². The Hall–Kier alpha value is -1.33. The molecule has 0 aliphatic carbocycles. The van der Waals surface area contributed by atoms with Crippen LogP contribution in [0.15, 0.2) is 18.2 Å². The number of nitrogens with zero attached hydrogens (tertiary/aromatic N) is 2. The van der Waals surface area contributed by atoms with Crippen LogP contribution in [0.5, 0.6) is 0 Å². The molecule has 0 fully saturated rings. The van der Waals surface area contributed by atoms with Crippen molar-refractivity contribution in [1.29, 1.82) is 0 Å². The van der Waals surface area contributed by atoms with E-state index >= 15 is 0 Å². The highest BCUT2D eigenvalue weighted by Gasteiger charge is 2.11. The summed E-state index contributed by atoms with van der Waals surface area (Å²) in [5, 5.41) is 13.7. The molecule has 0 radical (unpaired) electrons. The van der Waals surface area contributed by atoms with Crippen LogP contribution in [-0.4, -0.2) is 22.3 Å². The van der Waals surface area contributed by atoms with Crippen molar-refractivity contribution in [3.63, 3.8) is 0 Å². The molecule has 0 unspecified atom stereocenters. The first kappa shape index (κ1) is 15.1. The SMILES string of the molecule is Cc1cc(-c2nnc(CCNC(C)(C)C)s2)ccc1F. The minimum absolute atomic E-state index is 0.113. The van der Waals surface area contributed by atoms with Crippen molar-refractivity contribution in [2.75, 3.05) is 6.54 Å². The molecule has 0 amide bonds. The molecule has 0 aliphatic rings. The summed E-state index contributed by atoms with van der Waals surface area (Å²) in [7, 11) is 0. The van der Waals surface area contributed by atoms with Gasteiger partial charge in [0.25, 0.3) is 0 Å². The average Bonchev–Trinajstić information content (AvgIpc) is 2.80. The maximum absolute atomic E-state index is 13.3. The van der Waals surface area contributed by atoms with Gasteiger partial charge in [0.2, 0.25) is 0 Å². The topological polar surface area (TPSA) is 37.8 Å². The van der Waals surface area contributed by atoms with Crippen molar-refractivity contribution < 1.29 is 4.39 Å². The molecule has 0 aliphatic heterocycles. The lowest BCUT2D eigenvalue weighted by Crippen LogP contribution is -2.37. The van der Waals surface area contributed by atoms with Crippen molar-refractivity contribution in [2.24, 2.45) is 0 Å². The summed E-state index contributed by atoms with van der Waals surface area (Å²) in [6.45, 7) is 9.05. The van der Waals surface area contributed by atoms with Gasteiger partial charge in [-0.25, -0.2) is 4.39 Å². The number of aromatic nitrogens is 2. The van der Waals surface area contributed by atoms with Gasteiger partial charge >= 0.3 is 0 Å². The largest absolute Gasteiger partial charge is 0.312 e. The fourth-order valence-electron chi connectivity index (χ4n) is 1.79. The molecule has 0 bridgehead atoms. The molecular formula is C15H20FN3S. The van der Waals surface area contributed by atoms with E-state index in [1.807, 2.05) is 6.07 Å². The predicted octanol–water partition coefficient (Wildman–Crippen LogP) is 3.58. The molecule has 1 aromatic carbocycles. The minimum Gasteiger partial charge on any atom is -0.312 e. The summed E-state index contributed by atoms with van der Waals surface area (Å²) < 4.78 is 13.3. The van der Waals surface area contributed by atoms with Gasteiger partial charge in [-0.3, -0.25) is 0 Å². The Morgan fingerprint density at radius 3 is 2.65 bits per heavy atom. The maximum Gasteiger partial charge on any atom is 0.147 e. The number of aryl methyl sites for hydroxylation is 1. The van der Waals surface area contributed by atoms with Gasteiger partial charge in [0.05, 0.1) is 0 Å². The van der Waals surface area contributed by atoms with Crippen LogP contribution in [0.4, 0.5) is 4.39 Å². The molecule has 0 spiro atoms. The Morgan fingerprint density at radius 1 is 1.25 bits per heavy atom. The third kappa shape index (κ3) is 4.08. The summed E-state index contributed by atoms with van der Waals surface area (Å²) in [5.41, 5.74) is 1.67. The van der Waals surface area contributed by atoms with Crippen LogP contribution in [-0.2, 0) is 6.42 Å². The molecule has 108 valence electrons. The average molecular weight is 293 g/mol. The van der Waals surface area contributed by atoms with Gasteiger partial charge in [-0.05, 0) is 51.5 Å². The van der Waals surface area contributed by atoms with Gasteiger partial charge in [-0.15, -0.1) is 10.2 Å². The number of nitrogens with one attached hydrogen (secondary N) is 1. The third-order valence-electron chi connectivity index (χ3n) is 2.87. The standard InChI is InChI=1S/C15H20FN3S/c1-10-9-11(5-6-12(10)16)14-19-18-13(20-14)7-8-17-15(2,3)4/h5-6,9,17H,7-8H2,1-4H3. The molecule has 0 saturated heterocycles. The molecule has 3 nitrogen and oxygen atoms in total. The van der Waals surface area contributed by atoms with Crippen LogP contribution < -0.4 is 5.32 Å². The van der Waals surface area contributed by atoms with E-state index in [9.17, 15) is 4.39 Å². The van der Waals surface area contributed by atoms with Crippen molar-refractivity contribution in [3.05, 3.63) is 34.6 Å². The summed E-state index contributed by atoms with van der Waals surface area (Å²) >= 11 is 1.57. The van der Waals surface area contributed by atoms with E-state index in [0.717, 1.165) is 28.5 Å². The molecular weight excluding hydrogens is 273 g/mol. The normalized spacial score (nSPS) is 11.8. The maximum atomic E-state index is 13.3. The van der Waals surface area contributed by atoms with E-state index < -0.39 is 0 Å². The quantitative estimate of drug-likeness (QED) is 0.936. The van der Waals surface area contributed by atoms with Gasteiger partial charge in [-0.1, -0.05) is 11.3 Å². The van der Waals surface area contributed by atoms with Crippen molar-refractivity contribution >= 4 is 11.3 Å². The van der Waals surface area contributed by atoms with Gasteiger partial charge in [0.1, 0.15) is 15.8 Å². The van der Waals surface area contributed by atoms with Crippen LogP contribution in [0.25, 0.3) is 10.6 Å². The Morgan fingerprint density at radius 2 is 2.00 bits per heavy atom. The first-order valence-electron chi connectivity index (χ1n) is 6.69. The number of hydrogen-bond donors (Lipinski definition) is 1. The van der Waals surface area contributed by atoms with Gasteiger partial charge in [0, 0.05) is 24.1 Å². The van der Waals surface area contributed by atoms with E-state index in [0.29, 0.717) is 5.56 Å². The van der Waals surface area contributed by atoms with Gasteiger partial charge in [0.15, 0.2) is 0 Å². The molecule has 1 aromatic heterocycles. The summed E-state index contributed by atoms with van der Waals surface area (Å²) in [4.78, 5) is 0. The number of rotatable bonds is 4. The van der Waals surface area contributed by atoms with Crippen molar-refractivity contribution in [1.82, 2.24) is 15.5 Å². The summed E-state index contributed by atoms with van der Waals surface area (Å²) in [6, 6.07) is 5.04. The van der Waals surface area contributed by atoms with Crippen molar-refractivity contribution in [2.45, 2.75) is 39.7 Å². The van der Waals surface area contributed by atoms with Crippen LogP contribution in [0, 0.1) is 12.7 Å². The number of hydrogen-bond acceptors (Lipinski definition) is 4. The number of benzene rings is 1. The Kier molecular flexibility index (Phi) is 4.50. The second-order valence-electron chi connectivity index (χ2n) is 5.89. The monoisotopic (exact) mass is 293 g/mol. The Labute approximate surface area is 123 Å². The zero-order chi connectivity index (χ0) is 14.8. The second kappa shape index (κ2) is 5.97.